The molecule has 0 radical (unpaired) electrons. The summed E-state index contributed by atoms with van der Waals surface area (Å²) in [6, 6.07) is 0. The van der Waals surface area contributed by atoms with E-state index in [9.17, 15) is 0 Å². The molecular weight excluding hydrogens is 258 g/mol. The van der Waals surface area contributed by atoms with Gasteiger partial charge in [0.15, 0.2) is 5.11 Å². The van der Waals surface area contributed by atoms with Crippen molar-refractivity contribution in [3.8, 4) is 0 Å². The van der Waals surface area contributed by atoms with Crippen LogP contribution in [0.25, 0.3) is 0 Å². The predicted octanol–water partition coefficient (Wildman–Crippen LogP) is 1.61. The molecular formula is C14H29N3OS. The maximum absolute atomic E-state index is 5.28. The van der Waals surface area contributed by atoms with Gasteiger partial charge in [-0.15, -0.1) is 0 Å². The fraction of sp³-hybridized carbons (Fsp3) is 0.929. The average Bonchev–Trinajstić information content (AvgIpc) is 2.89. The van der Waals surface area contributed by atoms with Crippen LogP contribution < -0.4 is 10.6 Å². The highest BCUT2D eigenvalue weighted by Gasteiger charge is 2.14. The van der Waals surface area contributed by atoms with Crippen molar-refractivity contribution in [2.24, 2.45) is 5.92 Å². The topological polar surface area (TPSA) is 36.5 Å². The van der Waals surface area contributed by atoms with E-state index in [1.165, 1.54) is 32.5 Å². The Morgan fingerprint density at radius 1 is 1.32 bits per heavy atom. The number of nitrogens with one attached hydrogen (secondary N) is 2. The van der Waals surface area contributed by atoms with Crippen molar-refractivity contribution < 1.29 is 4.74 Å². The molecule has 19 heavy (non-hydrogen) atoms. The van der Waals surface area contributed by atoms with Gasteiger partial charge in [0.1, 0.15) is 0 Å². The quantitative estimate of drug-likeness (QED) is 0.498. The lowest BCUT2D eigenvalue weighted by Crippen LogP contribution is -2.40. The molecule has 1 atom stereocenters. The van der Waals surface area contributed by atoms with Crippen molar-refractivity contribution in [3.63, 3.8) is 0 Å². The van der Waals surface area contributed by atoms with Crippen molar-refractivity contribution in [2.75, 3.05) is 45.9 Å². The van der Waals surface area contributed by atoms with Gasteiger partial charge in [-0.25, -0.2) is 0 Å². The van der Waals surface area contributed by atoms with Crippen LogP contribution in [0, 0.1) is 5.92 Å². The summed E-state index contributed by atoms with van der Waals surface area (Å²) in [5, 5.41) is 7.29. The van der Waals surface area contributed by atoms with Crippen molar-refractivity contribution in [2.45, 2.75) is 33.1 Å². The minimum absolute atomic E-state index is 0.640. The van der Waals surface area contributed by atoms with Crippen LogP contribution in [-0.4, -0.2) is 55.9 Å². The van der Waals surface area contributed by atoms with E-state index in [1.54, 1.807) is 0 Å². The first-order valence-electron chi connectivity index (χ1n) is 7.54. The Morgan fingerprint density at radius 3 is 2.74 bits per heavy atom. The number of rotatable bonds is 9. The third kappa shape index (κ3) is 8.39. The van der Waals surface area contributed by atoms with Gasteiger partial charge >= 0.3 is 0 Å². The fourth-order valence-electron chi connectivity index (χ4n) is 2.32. The number of likely N-dealkylation sites (tertiary alicyclic amines) is 1. The summed E-state index contributed by atoms with van der Waals surface area (Å²) in [7, 11) is 0. The molecule has 0 aromatic rings. The smallest absolute Gasteiger partial charge is 0.166 e. The van der Waals surface area contributed by atoms with Crippen LogP contribution in [0.4, 0.5) is 0 Å². The van der Waals surface area contributed by atoms with E-state index in [0.29, 0.717) is 5.92 Å². The van der Waals surface area contributed by atoms with Gasteiger partial charge in [0, 0.05) is 32.8 Å². The van der Waals surface area contributed by atoms with Gasteiger partial charge in [-0.3, -0.25) is 0 Å². The standard InChI is InChI=1S/C14H29N3OS/c1-3-18-10-6-7-15-14(19)16-11-13(2)12-17-8-4-5-9-17/h13H,3-12H2,1-2H3,(H2,15,16,19). The maximum atomic E-state index is 5.28. The van der Waals surface area contributed by atoms with Gasteiger partial charge in [-0.2, -0.15) is 0 Å². The highest BCUT2D eigenvalue weighted by Crippen LogP contribution is 2.09. The van der Waals surface area contributed by atoms with Gasteiger partial charge < -0.3 is 20.3 Å². The highest BCUT2D eigenvalue weighted by molar-refractivity contribution is 7.80. The SMILES string of the molecule is CCOCCCNC(=S)NCC(C)CN1CCCC1. The first kappa shape index (κ1) is 16.7. The first-order valence-corrected chi connectivity index (χ1v) is 7.95. The van der Waals surface area contributed by atoms with Gasteiger partial charge in [0.2, 0.25) is 0 Å². The van der Waals surface area contributed by atoms with E-state index in [-0.39, 0.29) is 0 Å². The summed E-state index contributed by atoms with van der Waals surface area (Å²) in [4.78, 5) is 2.55. The Morgan fingerprint density at radius 2 is 2.05 bits per heavy atom. The Kier molecular flexibility index (Phi) is 9.12. The van der Waals surface area contributed by atoms with Gasteiger partial charge in [-0.05, 0) is 57.4 Å². The van der Waals surface area contributed by atoms with Crippen molar-refractivity contribution in [3.05, 3.63) is 0 Å². The van der Waals surface area contributed by atoms with E-state index in [1.807, 2.05) is 6.92 Å². The molecule has 5 heteroatoms. The number of hydrogen-bond acceptors (Lipinski definition) is 3. The van der Waals surface area contributed by atoms with E-state index >= 15 is 0 Å². The van der Waals surface area contributed by atoms with Crippen molar-refractivity contribution >= 4 is 17.3 Å². The lowest BCUT2D eigenvalue weighted by molar-refractivity contribution is 0.145. The summed E-state index contributed by atoms with van der Waals surface area (Å²) < 4.78 is 5.28. The molecule has 112 valence electrons. The zero-order valence-corrected chi connectivity index (χ0v) is 13.2. The molecule has 1 unspecified atom stereocenters. The summed E-state index contributed by atoms with van der Waals surface area (Å²) in [6.07, 6.45) is 3.72. The van der Waals surface area contributed by atoms with E-state index in [4.69, 9.17) is 17.0 Å². The lowest BCUT2D eigenvalue weighted by Gasteiger charge is -2.21. The molecule has 1 aliphatic heterocycles. The van der Waals surface area contributed by atoms with Crippen LogP contribution in [0.3, 0.4) is 0 Å². The largest absolute Gasteiger partial charge is 0.382 e. The summed E-state index contributed by atoms with van der Waals surface area (Å²) in [5.41, 5.74) is 0. The molecule has 0 amide bonds. The molecule has 4 nitrogen and oxygen atoms in total. The van der Waals surface area contributed by atoms with Crippen LogP contribution in [-0.2, 0) is 4.74 Å². The van der Waals surface area contributed by atoms with Crippen LogP contribution in [0.15, 0.2) is 0 Å². The van der Waals surface area contributed by atoms with Gasteiger partial charge in [-0.1, -0.05) is 6.92 Å². The summed E-state index contributed by atoms with van der Waals surface area (Å²) in [6.45, 7) is 11.4. The van der Waals surface area contributed by atoms with Crippen LogP contribution in [0.2, 0.25) is 0 Å². The van der Waals surface area contributed by atoms with E-state index < -0.39 is 0 Å². The fourth-order valence-corrected chi connectivity index (χ4v) is 2.51. The normalized spacial score (nSPS) is 17.4. The molecule has 0 spiro atoms. The molecule has 1 heterocycles. The lowest BCUT2D eigenvalue weighted by atomic mass is 10.1. The Balaban J connectivity index is 1.96. The zero-order chi connectivity index (χ0) is 13.9. The highest BCUT2D eigenvalue weighted by atomic mass is 32.1. The Hall–Kier alpha value is -0.390. The molecule has 1 saturated heterocycles. The molecule has 1 fully saturated rings. The molecule has 0 saturated carbocycles. The monoisotopic (exact) mass is 287 g/mol. The Labute approximate surface area is 123 Å². The average molecular weight is 287 g/mol. The zero-order valence-electron chi connectivity index (χ0n) is 12.4. The van der Waals surface area contributed by atoms with Crippen LogP contribution >= 0.6 is 12.2 Å². The maximum Gasteiger partial charge on any atom is 0.166 e. The molecule has 1 aliphatic rings. The number of thiocarbonyl (C=S) groups is 1. The number of nitrogens with zero attached hydrogens (tertiary/aromatic N) is 1. The third-order valence-electron chi connectivity index (χ3n) is 3.33. The third-order valence-corrected chi connectivity index (χ3v) is 3.62. The molecule has 0 aromatic carbocycles. The Bertz CT molecular complexity index is 245. The second-order valence-electron chi connectivity index (χ2n) is 5.30. The van der Waals surface area contributed by atoms with Gasteiger partial charge in [0.25, 0.3) is 0 Å². The second kappa shape index (κ2) is 10.4. The molecule has 0 aliphatic carbocycles. The van der Waals surface area contributed by atoms with Crippen molar-refractivity contribution in [1.82, 2.24) is 15.5 Å². The number of hydrogen-bond donors (Lipinski definition) is 2. The minimum atomic E-state index is 0.640. The molecule has 1 rings (SSSR count). The summed E-state index contributed by atoms with van der Waals surface area (Å²) >= 11 is 5.26. The van der Waals surface area contributed by atoms with E-state index in [2.05, 4.69) is 22.5 Å². The predicted molar refractivity (Wildman–Crippen MR) is 84.6 cm³/mol. The van der Waals surface area contributed by atoms with Crippen LogP contribution in [0.1, 0.15) is 33.1 Å². The van der Waals surface area contributed by atoms with Gasteiger partial charge in [0.05, 0.1) is 0 Å². The molecule has 0 bridgehead atoms. The summed E-state index contributed by atoms with van der Waals surface area (Å²) in [5.74, 6) is 0.640. The van der Waals surface area contributed by atoms with Crippen LogP contribution in [0.5, 0.6) is 0 Å². The minimum Gasteiger partial charge on any atom is -0.382 e. The first-order chi connectivity index (χ1) is 9.22. The number of ether oxygens (including phenoxy) is 1. The van der Waals surface area contributed by atoms with E-state index in [0.717, 1.165) is 37.8 Å². The van der Waals surface area contributed by atoms with Crippen molar-refractivity contribution in [1.29, 1.82) is 0 Å². The second-order valence-corrected chi connectivity index (χ2v) is 5.71. The molecule has 0 aromatic heterocycles. The molecule has 2 N–H and O–H groups in total.